The van der Waals surface area contributed by atoms with Crippen LogP contribution >= 0.6 is 0 Å². The van der Waals surface area contributed by atoms with Gasteiger partial charge in [0.15, 0.2) is 0 Å². The molecule has 2 fully saturated rings. The lowest BCUT2D eigenvalue weighted by atomic mass is 10.1. The molecule has 50 valence electrons. The molecule has 9 heavy (non-hydrogen) atoms. The molecule has 0 aliphatic carbocycles. The molecule has 0 amide bonds. The molecule has 2 atom stereocenters. The van der Waals surface area contributed by atoms with Crippen molar-refractivity contribution >= 4 is 5.97 Å². The zero-order valence-corrected chi connectivity index (χ0v) is 5.22. The van der Waals surface area contributed by atoms with Gasteiger partial charge in [0.05, 0.1) is 5.92 Å². The van der Waals surface area contributed by atoms with Crippen LogP contribution in [-0.4, -0.2) is 18.4 Å². The Balaban J connectivity index is 2.14. The average Bonchev–Trinajstić information content (AvgIpc) is 2.42. The number of carbonyl (C=O) groups is 1. The maximum absolute atomic E-state index is 10.7. The Bertz CT molecular complexity index is 160. The number of carbonyl (C=O) groups excluding carboxylic acids is 1. The molecule has 3 nitrogen and oxygen atoms in total. The van der Waals surface area contributed by atoms with E-state index < -0.39 is 5.79 Å². The molecular formula is C6H8O3. The smallest absolute Gasteiger partial charge is 0.311 e. The molecule has 0 N–H and O–H groups in total. The Morgan fingerprint density at radius 3 is 2.67 bits per heavy atom. The minimum atomic E-state index is -0.462. The van der Waals surface area contributed by atoms with Crippen LogP contribution in [0.15, 0.2) is 0 Å². The van der Waals surface area contributed by atoms with Crippen LogP contribution in [0, 0.1) is 5.92 Å². The highest BCUT2D eigenvalue weighted by Crippen LogP contribution is 2.41. The topological polar surface area (TPSA) is 38.8 Å². The van der Waals surface area contributed by atoms with E-state index in [1.54, 1.807) is 0 Å². The molecule has 2 saturated heterocycles. The average molecular weight is 128 g/mol. The van der Waals surface area contributed by atoms with Gasteiger partial charge in [0.25, 0.3) is 0 Å². The van der Waals surface area contributed by atoms with Crippen molar-refractivity contribution in [2.75, 3.05) is 6.61 Å². The fourth-order valence-electron chi connectivity index (χ4n) is 1.13. The van der Waals surface area contributed by atoms with Crippen molar-refractivity contribution in [1.82, 2.24) is 0 Å². The molecule has 2 aliphatic heterocycles. The van der Waals surface area contributed by atoms with Crippen LogP contribution < -0.4 is 0 Å². The third-order valence-corrected chi connectivity index (χ3v) is 1.77. The second kappa shape index (κ2) is 1.29. The zero-order valence-electron chi connectivity index (χ0n) is 5.22. The largest absolute Gasteiger partial charge is 0.430 e. The van der Waals surface area contributed by atoms with E-state index in [4.69, 9.17) is 9.47 Å². The normalized spacial score (nSPS) is 47.7. The van der Waals surface area contributed by atoms with Crippen molar-refractivity contribution in [3.63, 3.8) is 0 Å². The first kappa shape index (κ1) is 5.23. The van der Waals surface area contributed by atoms with Gasteiger partial charge in [-0.1, -0.05) is 6.92 Å². The first-order chi connectivity index (χ1) is 4.22. The van der Waals surface area contributed by atoms with E-state index in [-0.39, 0.29) is 11.9 Å². The second-order valence-electron chi connectivity index (χ2n) is 2.73. The van der Waals surface area contributed by atoms with Gasteiger partial charge in [0, 0.05) is 6.42 Å². The summed E-state index contributed by atoms with van der Waals surface area (Å²) in [6.07, 6.45) is 0.742. The number of ether oxygens (including phenoxy) is 2. The van der Waals surface area contributed by atoms with Gasteiger partial charge < -0.3 is 9.47 Å². The van der Waals surface area contributed by atoms with E-state index in [0.29, 0.717) is 6.61 Å². The minimum absolute atomic E-state index is 0.0347. The number of epoxide rings is 1. The zero-order chi connectivity index (χ0) is 6.48. The predicted octanol–water partition coefficient (Wildman–Crippen LogP) is 0.296. The lowest BCUT2D eigenvalue weighted by molar-refractivity contribution is -0.149. The van der Waals surface area contributed by atoms with Crippen LogP contribution in [0.3, 0.4) is 0 Å². The predicted molar refractivity (Wildman–Crippen MR) is 28.6 cm³/mol. The van der Waals surface area contributed by atoms with Gasteiger partial charge in [0.2, 0.25) is 5.79 Å². The quantitative estimate of drug-likeness (QED) is 0.348. The van der Waals surface area contributed by atoms with Crippen LogP contribution in [0.5, 0.6) is 0 Å². The molecule has 2 rings (SSSR count). The van der Waals surface area contributed by atoms with Crippen molar-refractivity contribution in [2.45, 2.75) is 19.1 Å². The maximum Gasteiger partial charge on any atom is 0.311 e. The standard InChI is InChI=1S/C6H8O3/c1-4-2-6(3-8-6)9-5(4)7/h4H,2-3H2,1H3/t4-,6+/m1/s1. The first-order valence-electron chi connectivity index (χ1n) is 3.09. The molecule has 0 aromatic carbocycles. The van der Waals surface area contributed by atoms with Crippen molar-refractivity contribution in [1.29, 1.82) is 0 Å². The molecule has 3 heteroatoms. The molecular weight excluding hydrogens is 120 g/mol. The monoisotopic (exact) mass is 128 g/mol. The Morgan fingerprint density at radius 1 is 1.78 bits per heavy atom. The van der Waals surface area contributed by atoms with Crippen molar-refractivity contribution in [3.8, 4) is 0 Å². The Labute approximate surface area is 52.9 Å². The summed E-state index contributed by atoms with van der Waals surface area (Å²) in [4.78, 5) is 10.7. The molecule has 0 radical (unpaired) electrons. The second-order valence-corrected chi connectivity index (χ2v) is 2.73. The molecule has 1 spiro atoms. The van der Waals surface area contributed by atoms with Gasteiger partial charge in [-0.2, -0.15) is 0 Å². The van der Waals surface area contributed by atoms with Crippen molar-refractivity contribution < 1.29 is 14.3 Å². The van der Waals surface area contributed by atoms with E-state index in [1.807, 2.05) is 6.92 Å². The van der Waals surface area contributed by atoms with Gasteiger partial charge in [-0.25, -0.2) is 0 Å². The van der Waals surface area contributed by atoms with Crippen LogP contribution in [0.4, 0.5) is 0 Å². The third kappa shape index (κ3) is 0.645. The summed E-state index contributed by atoms with van der Waals surface area (Å²) in [6, 6.07) is 0. The number of hydrogen-bond acceptors (Lipinski definition) is 3. The van der Waals surface area contributed by atoms with Gasteiger partial charge in [0.1, 0.15) is 6.61 Å². The number of esters is 1. The molecule has 2 aliphatic rings. The van der Waals surface area contributed by atoms with E-state index in [0.717, 1.165) is 6.42 Å². The van der Waals surface area contributed by atoms with Crippen LogP contribution in [0.1, 0.15) is 13.3 Å². The molecule has 0 aromatic heterocycles. The highest BCUT2D eigenvalue weighted by Gasteiger charge is 2.56. The van der Waals surface area contributed by atoms with Crippen molar-refractivity contribution in [3.05, 3.63) is 0 Å². The highest BCUT2D eigenvalue weighted by molar-refractivity contribution is 5.75. The lowest BCUT2D eigenvalue weighted by Crippen LogP contribution is -2.08. The number of rotatable bonds is 0. The van der Waals surface area contributed by atoms with E-state index >= 15 is 0 Å². The number of hydrogen-bond donors (Lipinski definition) is 0. The summed E-state index contributed by atoms with van der Waals surface area (Å²) in [5.74, 6) is -0.545. The maximum atomic E-state index is 10.7. The summed E-state index contributed by atoms with van der Waals surface area (Å²) in [7, 11) is 0. The molecule has 0 aromatic rings. The first-order valence-corrected chi connectivity index (χ1v) is 3.09. The fraction of sp³-hybridized carbons (Fsp3) is 0.833. The molecule has 0 bridgehead atoms. The van der Waals surface area contributed by atoms with Crippen LogP contribution in [0.2, 0.25) is 0 Å². The summed E-state index contributed by atoms with van der Waals surface area (Å²) in [6.45, 7) is 2.46. The summed E-state index contributed by atoms with van der Waals surface area (Å²) in [5, 5.41) is 0. The lowest BCUT2D eigenvalue weighted by Gasteiger charge is -1.96. The van der Waals surface area contributed by atoms with E-state index in [2.05, 4.69) is 0 Å². The summed E-state index contributed by atoms with van der Waals surface area (Å²) < 4.78 is 9.87. The van der Waals surface area contributed by atoms with Crippen molar-refractivity contribution in [2.24, 2.45) is 5.92 Å². The van der Waals surface area contributed by atoms with Crippen LogP contribution in [-0.2, 0) is 14.3 Å². The van der Waals surface area contributed by atoms with Gasteiger partial charge in [-0.3, -0.25) is 4.79 Å². The van der Waals surface area contributed by atoms with Gasteiger partial charge in [-0.05, 0) is 0 Å². The molecule has 0 unspecified atom stereocenters. The Hall–Kier alpha value is -0.570. The van der Waals surface area contributed by atoms with E-state index in [9.17, 15) is 4.79 Å². The third-order valence-electron chi connectivity index (χ3n) is 1.77. The Morgan fingerprint density at radius 2 is 2.44 bits per heavy atom. The van der Waals surface area contributed by atoms with Gasteiger partial charge >= 0.3 is 5.97 Å². The summed E-state index contributed by atoms with van der Waals surface area (Å²) in [5.41, 5.74) is 0. The van der Waals surface area contributed by atoms with Crippen LogP contribution in [0.25, 0.3) is 0 Å². The molecule has 0 saturated carbocycles. The SMILES string of the molecule is C[C@@H]1C[C@@]2(CO2)OC1=O. The van der Waals surface area contributed by atoms with Gasteiger partial charge in [-0.15, -0.1) is 0 Å². The van der Waals surface area contributed by atoms with E-state index in [1.165, 1.54) is 0 Å². The highest BCUT2D eigenvalue weighted by atomic mass is 16.8. The summed E-state index contributed by atoms with van der Waals surface area (Å²) >= 11 is 0. The minimum Gasteiger partial charge on any atom is -0.430 e. The molecule has 2 heterocycles. The fourth-order valence-corrected chi connectivity index (χ4v) is 1.13. The Kier molecular flexibility index (Phi) is 0.750.